The summed E-state index contributed by atoms with van der Waals surface area (Å²) in [5.41, 5.74) is 3.12. The molecule has 0 radical (unpaired) electrons. The topological polar surface area (TPSA) is 49.3 Å². The van der Waals surface area contributed by atoms with Crippen molar-refractivity contribution in [3.8, 4) is 0 Å². The van der Waals surface area contributed by atoms with E-state index in [1.807, 2.05) is 45.9 Å². The molecule has 0 saturated heterocycles. The predicted octanol–water partition coefficient (Wildman–Crippen LogP) is 2.45. The molecule has 0 fully saturated rings. The predicted molar refractivity (Wildman–Crippen MR) is 78.8 cm³/mol. The van der Waals surface area contributed by atoms with Gasteiger partial charge in [-0.25, -0.2) is 0 Å². The molecule has 0 aliphatic heterocycles. The quantitative estimate of drug-likeness (QED) is 0.800. The Kier molecular flexibility index (Phi) is 5.31. The van der Waals surface area contributed by atoms with Crippen LogP contribution in [-0.2, 0) is 4.79 Å². The summed E-state index contributed by atoms with van der Waals surface area (Å²) in [6, 6.07) is 6.12. The largest absolute Gasteiger partial charge is 0.396 e. The Bertz CT molecular complexity index is 476. The summed E-state index contributed by atoms with van der Waals surface area (Å²) in [6.07, 6.45) is 3.35. The van der Waals surface area contributed by atoms with Crippen LogP contribution in [0.2, 0.25) is 0 Å². The van der Waals surface area contributed by atoms with Gasteiger partial charge >= 0.3 is 0 Å². The first kappa shape index (κ1) is 15.4. The van der Waals surface area contributed by atoms with E-state index in [0.717, 1.165) is 11.1 Å². The normalized spacial score (nSPS) is 11.8. The van der Waals surface area contributed by atoms with Crippen LogP contribution in [0.4, 0.5) is 0 Å². The van der Waals surface area contributed by atoms with Gasteiger partial charge in [0.2, 0.25) is 5.91 Å². The van der Waals surface area contributed by atoms with Gasteiger partial charge in [0.15, 0.2) is 0 Å². The minimum atomic E-state index is -0.288. The van der Waals surface area contributed by atoms with E-state index in [4.69, 9.17) is 5.11 Å². The summed E-state index contributed by atoms with van der Waals surface area (Å²) in [4.78, 5) is 11.7. The molecule has 1 aromatic rings. The van der Waals surface area contributed by atoms with Crippen LogP contribution in [0, 0.1) is 19.3 Å². The van der Waals surface area contributed by atoms with Crippen molar-refractivity contribution in [2.75, 3.05) is 13.2 Å². The van der Waals surface area contributed by atoms with E-state index in [9.17, 15) is 4.79 Å². The summed E-state index contributed by atoms with van der Waals surface area (Å²) in [5.74, 6) is -0.137. The lowest BCUT2D eigenvalue weighted by atomic mass is 9.95. The second-order valence-electron chi connectivity index (χ2n) is 5.73. The zero-order chi connectivity index (χ0) is 14.5. The smallest absolute Gasteiger partial charge is 0.244 e. The molecule has 3 nitrogen and oxygen atoms in total. The minimum Gasteiger partial charge on any atom is -0.396 e. The Morgan fingerprint density at radius 2 is 2.05 bits per heavy atom. The van der Waals surface area contributed by atoms with Gasteiger partial charge in [-0.2, -0.15) is 0 Å². The van der Waals surface area contributed by atoms with E-state index in [1.165, 1.54) is 11.6 Å². The SMILES string of the molecule is Cc1ccc(/C=C/C(=O)NCC(C)(C)CO)c(C)c1. The van der Waals surface area contributed by atoms with E-state index >= 15 is 0 Å². The fourth-order valence-electron chi connectivity index (χ4n) is 1.62. The molecule has 0 atom stereocenters. The van der Waals surface area contributed by atoms with Crippen molar-refractivity contribution in [1.29, 1.82) is 0 Å². The number of carbonyl (C=O) groups excluding carboxylic acids is 1. The number of nitrogens with one attached hydrogen (secondary N) is 1. The summed E-state index contributed by atoms with van der Waals surface area (Å²) >= 11 is 0. The van der Waals surface area contributed by atoms with Gasteiger partial charge in [-0.05, 0) is 31.1 Å². The van der Waals surface area contributed by atoms with Crippen molar-refractivity contribution in [2.45, 2.75) is 27.7 Å². The molecule has 0 saturated carbocycles. The van der Waals surface area contributed by atoms with E-state index < -0.39 is 0 Å². The van der Waals surface area contributed by atoms with Crippen LogP contribution in [0.25, 0.3) is 6.08 Å². The van der Waals surface area contributed by atoms with E-state index in [1.54, 1.807) is 0 Å². The Morgan fingerprint density at radius 1 is 1.37 bits per heavy atom. The molecule has 0 aromatic heterocycles. The lowest BCUT2D eigenvalue weighted by Crippen LogP contribution is -2.35. The molecule has 1 rings (SSSR count). The van der Waals surface area contributed by atoms with Crippen LogP contribution in [0.3, 0.4) is 0 Å². The number of aliphatic hydroxyl groups excluding tert-OH is 1. The molecule has 0 heterocycles. The highest BCUT2D eigenvalue weighted by Crippen LogP contribution is 2.13. The third kappa shape index (κ3) is 5.26. The first-order valence-corrected chi connectivity index (χ1v) is 6.48. The first-order valence-electron chi connectivity index (χ1n) is 6.48. The van der Waals surface area contributed by atoms with Crippen LogP contribution in [-0.4, -0.2) is 24.2 Å². The van der Waals surface area contributed by atoms with Gasteiger partial charge in [0, 0.05) is 24.6 Å². The van der Waals surface area contributed by atoms with Crippen LogP contribution < -0.4 is 5.32 Å². The standard InChI is InChI=1S/C16H23NO2/c1-12-5-6-14(13(2)9-12)7-8-15(19)17-10-16(3,4)11-18/h5-9,18H,10-11H2,1-4H3,(H,17,19)/b8-7+. The molecule has 19 heavy (non-hydrogen) atoms. The van der Waals surface area contributed by atoms with Crippen LogP contribution in [0.1, 0.15) is 30.5 Å². The summed E-state index contributed by atoms with van der Waals surface area (Å²) in [6.45, 7) is 8.39. The molecule has 0 spiro atoms. The number of benzene rings is 1. The van der Waals surface area contributed by atoms with Gasteiger partial charge in [0.1, 0.15) is 0 Å². The highest BCUT2D eigenvalue weighted by atomic mass is 16.3. The average molecular weight is 261 g/mol. The second-order valence-corrected chi connectivity index (χ2v) is 5.73. The van der Waals surface area contributed by atoms with Crippen molar-refractivity contribution < 1.29 is 9.90 Å². The van der Waals surface area contributed by atoms with Crippen molar-refractivity contribution >= 4 is 12.0 Å². The molecule has 0 bridgehead atoms. The number of hydrogen-bond acceptors (Lipinski definition) is 2. The van der Waals surface area contributed by atoms with Crippen molar-refractivity contribution in [1.82, 2.24) is 5.32 Å². The number of amides is 1. The molecule has 1 amide bonds. The van der Waals surface area contributed by atoms with Crippen molar-refractivity contribution in [3.05, 3.63) is 41.0 Å². The first-order chi connectivity index (χ1) is 8.84. The zero-order valence-corrected chi connectivity index (χ0v) is 12.2. The fraction of sp³-hybridized carbons (Fsp3) is 0.438. The van der Waals surface area contributed by atoms with E-state index in [2.05, 4.69) is 11.4 Å². The minimum absolute atomic E-state index is 0.0497. The molecule has 1 aromatic carbocycles. The maximum atomic E-state index is 11.7. The molecular formula is C16H23NO2. The number of rotatable bonds is 5. The molecule has 0 unspecified atom stereocenters. The average Bonchev–Trinajstić information content (AvgIpc) is 2.35. The Hall–Kier alpha value is -1.61. The Morgan fingerprint density at radius 3 is 2.63 bits per heavy atom. The lowest BCUT2D eigenvalue weighted by molar-refractivity contribution is -0.116. The van der Waals surface area contributed by atoms with Crippen LogP contribution >= 0.6 is 0 Å². The molecule has 2 N–H and O–H groups in total. The van der Waals surface area contributed by atoms with Gasteiger partial charge < -0.3 is 10.4 Å². The highest BCUT2D eigenvalue weighted by Gasteiger charge is 2.16. The fourth-order valence-corrected chi connectivity index (χ4v) is 1.62. The Balaban J connectivity index is 2.59. The van der Waals surface area contributed by atoms with Crippen molar-refractivity contribution in [3.63, 3.8) is 0 Å². The van der Waals surface area contributed by atoms with Crippen LogP contribution in [0.5, 0.6) is 0 Å². The third-order valence-corrected chi connectivity index (χ3v) is 3.01. The second kappa shape index (κ2) is 6.53. The van der Waals surface area contributed by atoms with Gasteiger partial charge in [-0.3, -0.25) is 4.79 Å². The number of hydrogen-bond donors (Lipinski definition) is 2. The zero-order valence-electron chi connectivity index (χ0n) is 12.2. The molecule has 104 valence electrons. The molecule has 3 heteroatoms. The van der Waals surface area contributed by atoms with E-state index in [0.29, 0.717) is 6.54 Å². The number of aliphatic hydroxyl groups is 1. The summed E-state index contributed by atoms with van der Waals surface area (Å²) in [5, 5.41) is 11.9. The summed E-state index contributed by atoms with van der Waals surface area (Å²) in [7, 11) is 0. The monoisotopic (exact) mass is 261 g/mol. The molecular weight excluding hydrogens is 238 g/mol. The third-order valence-electron chi connectivity index (χ3n) is 3.01. The molecule has 0 aliphatic rings. The highest BCUT2D eigenvalue weighted by molar-refractivity contribution is 5.91. The van der Waals surface area contributed by atoms with E-state index in [-0.39, 0.29) is 17.9 Å². The lowest BCUT2D eigenvalue weighted by Gasteiger charge is -2.21. The van der Waals surface area contributed by atoms with Crippen LogP contribution in [0.15, 0.2) is 24.3 Å². The maximum absolute atomic E-state index is 11.7. The molecule has 0 aliphatic carbocycles. The van der Waals surface area contributed by atoms with Gasteiger partial charge in [0.05, 0.1) is 0 Å². The van der Waals surface area contributed by atoms with Gasteiger partial charge in [-0.1, -0.05) is 37.6 Å². The summed E-state index contributed by atoms with van der Waals surface area (Å²) < 4.78 is 0. The van der Waals surface area contributed by atoms with Crippen molar-refractivity contribution in [2.24, 2.45) is 5.41 Å². The maximum Gasteiger partial charge on any atom is 0.244 e. The van der Waals surface area contributed by atoms with Gasteiger partial charge in [-0.15, -0.1) is 0 Å². The Labute approximate surface area is 115 Å². The number of aryl methyl sites for hydroxylation is 2. The number of carbonyl (C=O) groups is 1. The van der Waals surface area contributed by atoms with Gasteiger partial charge in [0.25, 0.3) is 0 Å².